The van der Waals surface area contributed by atoms with Crippen LogP contribution in [0.25, 0.3) is 0 Å². The number of nitrogens with one attached hydrogen (secondary N) is 2. The maximum atomic E-state index is 12.1. The number of hydrogen-bond acceptors (Lipinski definition) is 4. The van der Waals surface area contributed by atoms with Gasteiger partial charge in [-0.2, -0.15) is 0 Å². The lowest BCUT2D eigenvalue weighted by Gasteiger charge is -2.19. The van der Waals surface area contributed by atoms with Gasteiger partial charge in [0.15, 0.2) is 0 Å². The Hall–Kier alpha value is -1.76. The summed E-state index contributed by atoms with van der Waals surface area (Å²) in [4.78, 5) is 0. The van der Waals surface area contributed by atoms with Gasteiger partial charge in [0.1, 0.15) is 11.6 Å². The largest absolute Gasteiger partial charge is 0.495 e. The van der Waals surface area contributed by atoms with Gasteiger partial charge in [0.05, 0.1) is 18.6 Å². The molecule has 1 rings (SSSR count). The molecule has 0 bridgehead atoms. The number of nitrogen functional groups attached to an aromatic ring is 1. The van der Waals surface area contributed by atoms with Gasteiger partial charge in [-0.1, -0.05) is 20.8 Å². The highest BCUT2D eigenvalue weighted by molar-refractivity contribution is 7.92. The van der Waals surface area contributed by atoms with Crippen LogP contribution in [-0.2, 0) is 10.0 Å². The minimum Gasteiger partial charge on any atom is -0.495 e. The number of anilines is 1. The molecule has 1 aromatic carbocycles. The van der Waals surface area contributed by atoms with E-state index in [1.807, 2.05) is 20.8 Å². The normalized spacial score (nSPS) is 12.0. The van der Waals surface area contributed by atoms with Crippen LogP contribution >= 0.6 is 0 Å². The molecule has 0 fully saturated rings. The van der Waals surface area contributed by atoms with E-state index in [2.05, 4.69) is 4.72 Å². The molecule has 0 saturated heterocycles. The molecule has 0 heterocycles. The minimum atomic E-state index is -3.45. The van der Waals surface area contributed by atoms with Crippen molar-refractivity contribution in [3.63, 3.8) is 0 Å². The van der Waals surface area contributed by atoms with Crippen LogP contribution in [0.5, 0.6) is 5.75 Å². The summed E-state index contributed by atoms with van der Waals surface area (Å²) in [6.07, 6.45) is 0.552. The van der Waals surface area contributed by atoms with Crippen molar-refractivity contribution in [1.82, 2.24) is 0 Å². The smallest absolute Gasteiger partial charge is 0.232 e. The molecule has 118 valence electrons. The fraction of sp³-hybridized carbons (Fsp3) is 0.500. The van der Waals surface area contributed by atoms with E-state index in [1.54, 1.807) is 12.1 Å². The number of amidine groups is 1. The Labute approximate surface area is 126 Å². The first-order valence-corrected chi connectivity index (χ1v) is 8.22. The van der Waals surface area contributed by atoms with E-state index in [0.717, 1.165) is 0 Å². The van der Waals surface area contributed by atoms with Gasteiger partial charge in [0.2, 0.25) is 10.0 Å². The first-order chi connectivity index (χ1) is 9.54. The highest BCUT2D eigenvalue weighted by Gasteiger charge is 2.19. The van der Waals surface area contributed by atoms with Gasteiger partial charge in [0.25, 0.3) is 0 Å². The average molecular weight is 313 g/mol. The zero-order valence-corrected chi connectivity index (χ0v) is 13.7. The summed E-state index contributed by atoms with van der Waals surface area (Å²) in [5.74, 6) is 0.270. The molecule has 0 aliphatic rings. The van der Waals surface area contributed by atoms with Crippen LogP contribution in [-0.4, -0.2) is 27.1 Å². The third-order valence-electron chi connectivity index (χ3n) is 2.90. The summed E-state index contributed by atoms with van der Waals surface area (Å²) in [7, 11) is -2.01. The van der Waals surface area contributed by atoms with Gasteiger partial charge in [-0.3, -0.25) is 10.1 Å². The van der Waals surface area contributed by atoms with E-state index in [9.17, 15) is 8.42 Å². The van der Waals surface area contributed by atoms with Gasteiger partial charge in [-0.25, -0.2) is 8.42 Å². The predicted molar refractivity (Wildman–Crippen MR) is 85.5 cm³/mol. The van der Waals surface area contributed by atoms with Gasteiger partial charge >= 0.3 is 0 Å². The molecule has 0 atom stereocenters. The van der Waals surface area contributed by atoms with E-state index in [4.69, 9.17) is 15.9 Å². The third kappa shape index (κ3) is 5.63. The minimum absolute atomic E-state index is 0.0358. The Balaban J connectivity index is 2.94. The maximum Gasteiger partial charge on any atom is 0.232 e. The average Bonchev–Trinajstić information content (AvgIpc) is 2.35. The van der Waals surface area contributed by atoms with Crippen molar-refractivity contribution in [1.29, 1.82) is 5.41 Å². The molecule has 0 aromatic heterocycles. The maximum absolute atomic E-state index is 12.1. The van der Waals surface area contributed by atoms with Crippen LogP contribution in [0.4, 0.5) is 5.69 Å². The second-order valence-electron chi connectivity index (χ2n) is 6.06. The van der Waals surface area contributed by atoms with E-state index in [1.165, 1.54) is 13.2 Å². The quantitative estimate of drug-likeness (QED) is 0.552. The topological polar surface area (TPSA) is 105 Å². The molecule has 6 nitrogen and oxygen atoms in total. The van der Waals surface area contributed by atoms with E-state index in [-0.39, 0.29) is 17.0 Å². The van der Waals surface area contributed by atoms with Crippen molar-refractivity contribution in [3.8, 4) is 5.75 Å². The molecule has 0 aliphatic carbocycles. The van der Waals surface area contributed by atoms with Crippen molar-refractivity contribution in [2.45, 2.75) is 27.2 Å². The zero-order chi connectivity index (χ0) is 16.3. The predicted octanol–water partition coefficient (Wildman–Crippen LogP) is 2.16. The lowest BCUT2D eigenvalue weighted by Crippen LogP contribution is -2.21. The number of sulfonamides is 1. The molecule has 7 heteroatoms. The number of nitrogens with two attached hydrogens (primary N) is 1. The number of hydrogen-bond donors (Lipinski definition) is 3. The first-order valence-electron chi connectivity index (χ1n) is 6.57. The van der Waals surface area contributed by atoms with Crippen LogP contribution in [0.2, 0.25) is 0 Å². The molecular formula is C14H23N3O3S. The van der Waals surface area contributed by atoms with E-state index >= 15 is 0 Å². The number of ether oxygens (including phenoxy) is 1. The fourth-order valence-corrected chi connectivity index (χ4v) is 3.09. The van der Waals surface area contributed by atoms with Crippen LogP contribution in [0.15, 0.2) is 18.2 Å². The Kier molecular flexibility index (Phi) is 5.22. The molecule has 0 unspecified atom stereocenters. The van der Waals surface area contributed by atoms with Crippen LogP contribution < -0.4 is 15.2 Å². The lowest BCUT2D eigenvalue weighted by molar-refractivity contribution is 0.397. The second-order valence-corrected chi connectivity index (χ2v) is 7.90. The van der Waals surface area contributed by atoms with Gasteiger partial charge in [-0.05, 0) is 30.0 Å². The summed E-state index contributed by atoms with van der Waals surface area (Å²) in [6.45, 7) is 5.97. The molecule has 1 aromatic rings. The van der Waals surface area contributed by atoms with Crippen LogP contribution in [0.1, 0.15) is 32.8 Å². The summed E-state index contributed by atoms with van der Waals surface area (Å²) in [5, 5.41) is 7.38. The van der Waals surface area contributed by atoms with Gasteiger partial charge < -0.3 is 10.5 Å². The lowest BCUT2D eigenvalue weighted by atomic mass is 9.94. The van der Waals surface area contributed by atoms with Gasteiger partial charge in [0, 0.05) is 5.56 Å². The summed E-state index contributed by atoms with van der Waals surface area (Å²) in [6, 6.07) is 4.65. The fourth-order valence-electron chi connectivity index (χ4n) is 1.60. The number of rotatable bonds is 6. The molecule has 4 N–H and O–H groups in total. The Morgan fingerprint density at radius 3 is 2.48 bits per heavy atom. The highest BCUT2D eigenvalue weighted by Crippen LogP contribution is 2.27. The SMILES string of the molecule is COc1cc(C(=N)N)ccc1NS(=O)(=O)CCC(C)(C)C. The molecule has 0 spiro atoms. The molecular weight excluding hydrogens is 290 g/mol. The monoisotopic (exact) mass is 313 g/mol. The van der Waals surface area contributed by atoms with E-state index in [0.29, 0.717) is 23.4 Å². The summed E-state index contributed by atoms with van der Waals surface area (Å²) in [5.41, 5.74) is 6.16. The molecule has 0 amide bonds. The van der Waals surface area contributed by atoms with Crippen molar-refractivity contribution in [3.05, 3.63) is 23.8 Å². The van der Waals surface area contributed by atoms with Crippen molar-refractivity contribution in [2.75, 3.05) is 17.6 Å². The summed E-state index contributed by atoms with van der Waals surface area (Å²) < 4.78 is 31.9. The second kappa shape index (κ2) is 6.34. The highest BCUT2D eigenvalue weighted by atomic mass is 32.2. The molecule has 0 saturated carbocycles. The van der Waals surface area contributed by atoms with Crippen LogP contribution in [0.3, 0.4) is 0 Å². The van der Waals surface area contributed by atoms with Crippen molar-refractivity contribution < 1.29 is 13.2 Å². The summed E-state index contributed by atoms with van der Waals surface area (Å²) >= 11 is 0. The molecule has 0 radical (unpaired) electrons. The van der Waals surface area contributed by atoms with Crippen molar-refractivity contribution >= 4 is 21.5 Å². The molecule has 0 aliphatic heterocycles. The Morgan fingerprint density at radius 1 is 1.38 bits per heavy atom. The standard InChI is InChI=1S/C14H23N3O3S/c1-14(2,3)7-8-21(18,19)17-11-6-5-10(13(15)16)9-12(11)20-4/h5-6,9,17H,7-8H2,1-4H3,(H3,15,16). The van der Waals surface area contributed by atoms with Crippen LogP contribution in [0, 0.1) is 10.8 Å². The van der Waals surface area contributed by atoms with Gasteiger partial charge in [-0.15, -0.1) is 0 Å². The van der Waals surface area contributed by atoms with E-state index < -0.39 is 10.0 Å². The zero-order valence-electron chi connectivity index (χ0n) is 12.9. The van der Waals surface area contributed by atoms with Crippen molar-refractivity contribution in [2.24, 2.45) is 11.1 Å². The Bertz CT molecular complexity index is 619. The first kappa shape index (κ1) is 17.3. The third-order valence-corrected chi connectivity index (χ3v) is 4.17. The Morgan fingerprint density at radius 2 is 2.00 bits per heavy atom. The number of benzene rings is 1. The number of methoxy groups -OCH3 is 1. The molecule has 21 heavy (non-hydrogen) atoms.